The van der Waals surface area contributed by atoms with Crippen LogP contribution in [0.25, 0.3) is 0 Å². The van der Waals surface area contributed by atoms with Gasteiger partial charge < -0.3 is 5.11 Å². The number of hydrogen-bond donors (Lipinski definition) is 1. The Balaban J connectivity index is 3.44. The Morgan fingerprint density at radius 1 is 1.67 bits per heavy atom. The zero-order chi connectivity index (χ0) is 11.6. The lowest BCUT2D eigenvalue weighted by molar-refractivity contribution is 0.0689. The summed E-state index contributed by atoms with van der Waals surface area (Å²) in [4.78, 5) is 14.1. The summed E-state index contributed by atoms with van der Waals surface area (Å²) in [7, 11) is 0. The molecule has 0 radical (unpaired) electrons. The molecule has 0 atom stereocenters. The van der Waals surface area contributed by atoms with Crippen molar-refractivity contribution in [1.29, 1.82) is 5.26 Å². The number of carboxylic acids is 1. The maximum absolute atomic E-state index is 12.4. The number of rotatable bonds is 2. The van der Waals surface area contributed by atoms with Crippen LogP contribution in [0.5, 0.6) is 0 Å². The Hall–Kier alpha value is -2.03. The van der Waals surface area contributed by atoms with Crippen molar-refractivity contribution in [2.45, 2.75) is 13.3 Å². The van der Waals surface area contributed by atoms with Crippen LogP contribution in [0.1, 0.15) is 33.7 Å². The van der Waals surface area contributed by atoms with Crippen LogP contribution in [0, 0.1) is 18.3 Å². The van der Waals surface area contributed by atoms with E-state index in [1.807, 2.05) is 0 Å². The molecule has 1 heterocycles. The van der Waals surface area contributed by atoms with E-state index in [1.54, 1.807) is 0 Å². The minimum absolute atomic E-state index is 0.0820. The highest BCUT2D eigenvalue weighted by Crippen LogP contribution is 2.23. The molecule has 0 bridgehead atoms. The standard InChI is InChI=1S/C9H6F2N2O2/c1-4-6(8(10)11)2-5(3-12)7(13-4)9(14)15/h2,8H,1H3,(H,14,15). The highest BCUT2D eigenvalue weighted by atomic mass is 19.3. The van der Waals surface area contributed by atoms with Crippen molar-refractivity contribution in [3.05, 3.63) is 28.6 Å². The molecule has 78 valence electrons. The van der Waals surface area contributed by atoms with Gasteiger partial charge in [-0.2, -0.15) is 5.26 Å². The fourth-order valence-electron chi connectivity index (χ4n) is 1.09. The van der Waals surface area contributed by atoms with E-state index in [-0.39, 0.29) is 11.3 Å². The van der Waals surface area contributed by atoms with Gasteiger partial charge in [0.15, 0.2) is 5.69 Å². The average molecular weight is 212 g/mol. The third kappa shape index (κ3) is 2.07. The van der Waals surface area contributed by atoms with E-state index < -0.39 is 23.7 Å². The maximum atomic E-state index is 12.4. The molecule has 0 aliphatic rings. The third-order valence-corrected chi connectivity index (χ3v) is 1.81. The smallest absolute Gasteiger partial charge is 0.355 e. The second-order valence-corrected chi connectivity index (χ2v) is 2.78. The molecule has 0 amide bonds. The van der Waals surface area contributed by atoms with Crippen molar-refractivity contribution in [3.8, 4) is 6.07 Å². The van der Waals surface area contributed by atoms with Gasteiger partial charge in [-0.3, -0.25) is 0 Å². The summed E-state index contributed by atoms with van der Waals surface area (Å²) in [6, 6.07) is 2.38. The number of alkyl halides is 2. The Bertz CT molecular complexity index is 452. The number of halogens is 2. The fourth-order valence-corrected chi connectivity index (χ4v) is 1.09. The monoisotopic (exact) mass is 212 g/mol. The summed E-state index contributed by atoms with van der Waals surface area (Å²) in [5.41, 5.74) is -1.36. The molecule has 0 aliphatic heterocycles. The van der Waals surface area contributed by atoms with Crippen LogP contribution in [0.3, 0.4) is 0 Å². The number of aromatic nitrogens is 1. The number of pyridine rings is 1. The first-order valence-corrected chi connectivity index (χ1v) is 3.90. The summed E-state index contributed by atoms with van der Waals surface area (Å²) < 4.78 is 24.8. The van der Waals surface area contributed by atoms with E-state index in [2.05, 4.69) is 4.98 Å². The van der Waals surface area contributed by atoms with Crippen molar-refractivity contribution in [1.82, 2.24) is 4.98 Å². The Morgan fingerprint density at radius 3 is 2.67 bits per heavy atom. The molecule has 0 unspecified atom stereocenters. The first-order chi connectivity index (χ1) is 6.97. The van der Waals surface area contributed by atoms with Crippen LogP contribution >= 0.6 is 0 Å². The van der Waals surface area contributed by atoms with E-state index in [0.717, 1.165) is 6.07 Å². The summed E-state index contributed by atoms with van der Waals surface area (Å²) in [5, 5.41) is 17.2. The molecular formula is C9H6F2N2O2. The Morgan fingerprint density at radius 2 is 2.27 bits per heavy atom. The molecule has 1 rings (SSSR count). The van der Waals surface area contributed by atoms with Gasteiger partial charge in [-0.05, 0) is 13.0 Å². The summed E-state index contributed by atoms with van der Waals surface area (Å²) in [6.07, 6.45) is -2.77. The average Bonchev–Trinajstić information content (AvgIpc) is 2.16. The van der Waals surface area contributed by atoms with Gasteiger partial charge in [-0.25, -0.2) is 18.6 Å². The number of aromatic carboxylic acids is 1. The van der Waals surface area contributed by atoms with Gasteiger partial charge in [-0.1, -0.05) is 0 Å². The number of carbonyl (C=O) groups is 1. The van der Waals surface area contributed by atoms with Gasteiger partial charge in [0, 0.05) is 11.3 Å². The SMILES string of the molecule is Cc1nc(C(=O)O)c(C#N)cc1C(F)F. The van der Waals surface area contributed by atoms with Crippen LogP contribution < -0.4 is 0 Å². The van der Waals surface area contributed by atoms with E-state index in [4.69, 9.17) is 10.4 Å². The van der Waals surface area contributed by atoms with Crippen molar-refractivity contribution in [2.75, 3.05) is 0 Å². The number of hydrogen-bond acceptors (Lipinski definition) is 3. The molecule has 0 saturated heterocycles. The third-order valence-electron chi connectivity index (χ3n) is 1.81. The highest BCUT2D eigenvalue weighted by Gasteiger charge is 2.19. The maximum Gasteiger partial charge on any atom is 0.355 e. The van der Waals surface area contributed by atoms with Gasteiger partial charge in [0.05, 0.1) is 5.56 Å². The normalized spacial score (nSPS) is 10.1. The summed E-state index contributed by atoms with van der Waals surface area (Å²) in [6.45, 7) is 1.27. The molecule has 0 saturated carbocycles. The van der Waals surface area contributed by atoms with E-state index >= 15 is 0 Å². The molecule has 1 N–H and O–H groups in total. The van der Waals surface area contributed by atoms with Crippen LogP contribution in [-0.2, 0) is 0 Å². The van der Waals surface area contributed by atoms with Crippen molar-refractivity contribution in [3.63, 3.8) is 0 Å². The fraction of sp³-hybridized carbons (Fsp3) is 0.222. The van der Waals surface area contributed by atoms with Crippen LogP contribution in [0.15, 0.2) is 6.07 Å². The van der Waals surface area contributed by atoms with E-state index in [9.17, 15) is 13.6 Å². The molecule has 1 aromatic rings. The summed E-state index contributed by atoms with van der Waals surface area (Å²) >= 11 is 0. The van der Waals surface area contributed by atoms with Gasteiger partial charge in [0.1, 0.15) is 6.07 Å². The number of nitrogens with zero attached hydrogens (tertiary/aromatic N) is 2. The lowest BCUT2D eigenvalue weighted by Gasteiger charge is -2.06. The van der Waals surface area contributed by atoms with Gasteiger partial charge in [0.25, 0.3) is 6.43 Å². The van der Waals surface area contributed by atoms with Crippen molar-refractivity contribution < 1.29 is 18.7 Å². The quantitative estimate of drug-likeness (QED) is 0.812. The largest absolute Gasteiger partial charge is 0.476 e. The lowest BCUT2D eigenvalue weighted by atomic mass is 10.1. The number of aryl methyl sites for hydroxylation is 1. The Kier molecular flexibility index (Phi) is 2.95. The second kappa shape index (κ2) is 4.00. The predicted molar refractivity (Wildman–Crippen MR) is 45.6 cm³/mol. The highest BCUT2D eigenvalue weighted by molar-refractivity contribution is 5.88. The van der Waals surface area contributed by atoms with Crippen LogP contribution in [0.4, 0.5) is 8.78 Å². The molecule has 1 aromatic heterocycles. The van der Waals surface area contributed by atoms with E-state index in [1.165, 1.54) is 13.0 Å². The number of nitriles is 1. The topological polar surface area (TPSA) is 74.0 Å². The van der Waals surface area contributed by atoms with Gasteiger partial charge in [-0.15, -0.1) is 0 Å². The molecule has 4 nitrogen and oxygen atoms in total. The molecule has 0 fully saturated rings. The summed E-state index contributed by atoms with van der Waals surface area (Å²) in [5.74, 6) is -1.41. The minimum atomic E-state index is -2.77. The molecule has 0 aromatic carbocycles. The molecular weight excluding hydrogens is 206 g/mol. The van der Waals surface area contributed by atoms with Crippen molar-refractivity contribution >= 4 is 5.97 Å². The van der Waals surface area contributed by atoms with Gasteiger partial charge in [0.2, 0.25) is 0 Å². The van der Waals surface area contributed by atoms with Crippen LogP contribution in [-0.4, -0.2) is 16.1 Å². The second-order valence-electron chi connectivity index (χ2n) is 2.78. The van der Waals surface area contributed by atoms with Crippen LogP contribution in [0.2, 0.25) is 0 Å². The van der Waals surface area contributed by atoms with Crippen molar-refractivity contribution in [2.24, 2.45) is 0 Å². The lowest BCUT2D eigenvalue weighted by Crippen LogP contribution is -2.07. The molecule has 0 spiro atoms. The first kappa shape index (κ1) is 11.0. The number of carboxylic acid groups (broad SMARTS) is 1. The predicted octanol–water partition coefficient (Wildman–Crippen LogP) is 1.90. The van der Waals surface area contributed by atoms with E-state index in [0.29, 0.717) is 0 Å². The minimum Gasteiger partial charge on any atom is -0.476 e. The molecule has 0 aliphatic carbocycles. The molecule has 15 heavy (non-hydrogen) atoms. The first-order valence-electron chi connectivity index (χ1n) is 3.90. The molecule has 6 heteroatoms. The van der Waals surface area contributed by atoms with Gasteiger partial charge >= 0.3 is 5.97 Å². The Labute approximate surface area is 83.8 Å². The zero-order valence-corrected chi connectivity index (χ0v) is 7.66. The zero-order valence-electron chi connectivity index (χ0n) is 7.66.